The van der Waals surface area contributed by atoms with Crippen molar-refractivity contribution in [2.24, 2.45) is 12.1 Å². The number of nitrogens with zero attached hydrogens (tertiary/aromatic N) is 3. The van der Waals surface area contributed by atoms with Crippen molar-refractivity contribution in [2.45, 2.75) is 13.8 Å². The maximum absolute atomic E-state index is 12.7. The number of hydrogen-bond donors (Lipinski definition) is 1. The van der Waals surface area contributed by atoms with Crippen LogP contribution in [-0.2, 0) is 7.05 Å². The number of hydrogen-bond acceptors (Lipinski definition) is 2. The van der Waals surface area contributed by atoms with Gasteiger partial charge in [0.15, 0.2) is 0 Å². The third kappa shape index (κ3) is 4.51. The second kappa shape index (κ2) is 9.92. The number of nitrogens with one attached hydrogen (secondary N) is 1. The summed E-state index contributed by atoms with van der Waals surface area (Å²) in [5, 5.41) is 4.17. The molecule has 0 spiro atoms. The van der Waals surface area contributed by atoms with Crippen molar-refractivity contribution in [1.82, 2.24) is 14.6 Å². The standard InChI is InChI=1S/C31H28N4O/c1-22-20-27(23(2)34(22)3)21-32-33-31(36)26-14-16-28(17-15-26)35-29(24-10-6-4-7-11-24)18-19-30(35)25-12-8-5-9-13-25/h4-21H,1-3H3,(H,33,36)/b32-21-. The quantitative estimate of drug-likeness (QED) is 0.222. The lowest BCUT2D eigenvalue weighted by Gasteiger charge is -2.15. The van der Waals surface area contributed by atoms with Gasteiger partial charge in [-0.25, -0.2) is 5.43 Å². The molecule has 0 aliphatic carbocycles. The Morgan fingerprint density at radius 2 is 1.33 bits per heavy atom. The van der Waals surface area contributed by atoms with E-state index in [-0.39, 0.29) is 5.91 Å². The Morgan fingerprint density at radius 1 is 0.778 bits per heavy atom. The zero-order valence-electron chi connectivity index (χ0n) is 20.6. The summed E-state index contributed by atoms with van der Waals surface area (Å²) in [6.45, 7) is 4.07. The van der Waals surface area contributed by atoms with Gasteiger partial charge in [0.2, 0.25) is 0 Å². The first-order valence-corrected chi connectivity index (χ1v) is 11.9. The van der Waals surface area contributed by atoms with Crippen molar-refractivity contribution in [3.8, 4) is 28.2 Å². The van der Waals surface area contributed by atoms with Crippen molar-refractivity contribution in [3.63, 3.8) is 0 Å². The number of rotatable bonds is 6. The van der Waals surface area contributed by atoms with E-state index in [2.05, 4.69) is 56.1 Å². The number of amides is 1. The lowest BCUT2D eigenvalue weighted by Crippen LogP contribution is -2.17. The number of hydrazone groups is 1. The Morgan fingerprint density at radius 3 is 1.83 bits per heavy atom. The van der Waals surface area contributed by atoms with Gasteiger partial charge in [-0.1, -0.05) is 60.7 Å². The van der Waals surface area contributed by atoms with Crippen LogP contribution in [0.5, 0.6) is 0 Å². The smallest absolute Gasteiger partial charge is 0.271 e. The molecule has 5 rings (SSSR count). The van der Waals surface area contributed by atoms with Crippen molar-refractivity contribution < 1.29 is 4.79 Å². The minimum Gasteiger partial charge on any atom is -0.352 e. The second-order valence-corrected chi connectivity index (χ2v) is 8.80. The van der Waals surface area contributed by atoms with Gasteiger partial charge >= 0.3 is 0 Å². The van der Waals surface area contributed by atoms with Crippen molar-refractivity contribution in [1.29, 1.82) is 0 Å². The molecule has 5 nitrogen and oxygen atoms in total. The molecule has 1 amide bonds. The molecule has 3 aromatic carbocycles. The SMILES string of the molecule is Cc1cc(/C=N\NC(=O)c2ccc(-n3c(-c4ccccc4)ccc3-c3ccccc3)cc2)c(C)n1C. The van der Waals surface area contributed by atoms with Crippen LogP contribution < -0.4 is 5.43 Å². The Balaban J connectivity index is 1.43. The Kier molecular flexibility index (Phi) is 6.37. The zero-order valence-corrected chi connectivity index (χ0v) is 20.6. The molecule has 0 unspecified atom stereocenters. The van der Waals surface area contributed by atoms with Gasteiger partial charge in [0.05, 0.1) is 17.6 Å². The van der Waals surface area contributed by atoms with Crippen LogP contribution in [-0.4, -0.2) is 21.3 Å². The molecular formula is C31H28N4O. The van der Waals surface area contributed by atoms with Crippen LogP contribution in [0.1, 0.15) is 27.3 Å². The molecule has 1 N–H and O–H groups in total. The van der Waals surface area contributed by atoms with Crippen LogP contribution in [0.15, 0.2) is 108 Å². The van der Waals surface area contributed by atoms with Crippen molar-refractivity contribution in [2.75, 3.05) is 0 Å². The highest BCUT2D eigenvalue weighted by Gasteiger charge is 2.14. The minimum atomic E-state index is -0.248. The number of carbonyl (C=O) groups is 1. The molecule has 36 heavy (non-hydrogen) atoms. The summed E-state index contributed by atoms with van der Waals surface area (Å²) < 4.78 is 4.32. The number of aromatic nitrogens is 2. The van der Waals surface area contributed by atoms with Crippen LogP contribution in [0.4, 0.5) is 0 Å². The molecule has 2 aromatic heterocycles. The maximum Gasteiger partial charge on any atom is 0.271 e. The fraction of sp³-hybridized carbons (Fsp3) is 0.0968. The van der Waals surface area contributed by atoms with Crippen LogP contribution in [0.25, 0.3) is 28.2 Å². The second-order valence-electron chi connectivity index (χ2n) is 8.80. The molecule has 0 radical (unpaired) electrons. The van der Waals surface area contributed by atoms with E-state index in [1.807, 2.05) is 87.6 Å². The van der Waals surface area contributed by atoms with E-state index < -0.39 is 0 Å². The van der Waals surface area contributed by atoms with Gasteiger partial charge in [-0.3, -0.25) is 4.79 Å². The Hall–Kier alpha value is -4.64. The fourth-order valence-corrected chi connectivity index (χ4v) is 4.39. The van der Waals surface area contributed by atoms with E-state index in [0.29, 0.717) is 5.56 Å². The van der Waals surface area contributed by atoms with Crippen LogP contribution in [0, 0.1) is 13.8 Å². The van der Waals surface area contributed by atoms with E-state index in [1.165, 1.54) is 0 Å². The molecular weight excluding hydrogens is 444 g/mol. The van der Waals surface area contributed by atoms with Gasteiger partial charge in [-0.05, 0) is 67.4 Å². The van der Waals surface area contributed by atoms with E-state index in [0.717, 1.165) is 45.2 Å². The van der Waals surface area contributed by atoms with E-state index in [9.17, 15) is 4.79 Å². The summed E-state index contributed by atoms with van der Waals surface area (Å²) in [4.78, 5) is 12.7. The number of aryl methyl sites for hydroxylation is 1. The molecule has 0 saturated heterocycles. The molecule has 0 atom stereocenters. The summed E-state index contributed by atoms with van der Waals surface area (Å²) in [7, 11) is 2.01. The molecule has 5 heteroatoms. The average Bonchev–Trinajstić information content (AvgIpc) is 3.47. The topological polar surface area (TPSA) is 51.3 Å². The van der Waals surface area contributed by atoms with Crippen molar-refractivity contribution in [3.05, 3.63) is 126 Å². The molecule has 5 aromatic rings. The van der Waals surface area contributed by atoms with Gasteiger partial charge in [0.1, 0.15) is 0 Å². The molecule has 0 bridgehead atoms. The van der Waals surface area contributed by atoms with E-state index in [4.69, 9.17) is 0 Å². The van der Waals surface area contributed by atoms with Gasteiger partial charge in [0.25, 0.3) is 5.91 Å². The average molecular weight is 473 g/mol. The molecule has 178 valence electrons. The maximum atomic E-state index is 12.7. The molecule has 0 saturated carbocycles. The summed E-state index contributed by atoms with van der Waals surface area (Å²) in [6, 6.07) is 34.6. The number of benzene rings is 3. The monoisotopic (exact) mass is 472 g/mol. The Labute approximate surface area is 211 Å². The van der Waals surface area contributed by atoms with Crippen LogP contribution in [0.2, 0.25) is 0 Å². The summed E-state index contributed by atoms with van der Waals surface area (Å²) in [5.74, 6) is -0.248. The first kappa shape index (κ1) is 23.1. The summed E-state index contributed by atoms with van der Waals surface area (Å²) in [6.07, 6.45) is 1.69. The third-order valence-corrected chi connectivity index (χ3v) is 6.59. The highest BCUT2D eigenvalue weighted by atomic mass is 16.2. The zero-order chi connectivity index (χ0) is 25.1. The molecule has 2 heterocycles. The van der Waals surface area contributed by atoms with Crippen LogP contribution >= 0.6 is 0 Å². The minimum absolute atomic E-state index is 0.248. The molecule has 0 aliphatic heterocycles. The van der Waals surface area contributed by atoms with Gasteiger partial charge in [-0.2, -0.15) is 5.10 Å². The predicted molar refractivity (Wildman–Crippen MR) is 147 cm³/mol. The fourth-order valence-electron chi connectivity index (χ4n) is 4.39. The first-order valence-electron chi connectivity index (χ1n) is 11.9. The highest BCUT2D eigenvalue weighted by Crippen LogP contribution is 2.32. The van der Waals surface area contributed by atoms with Crippen LogP contribution in [0.3, 0.4) is 0 Å². The van der Waals surface area contributed by atoms with Gasteiger partial charge in [-0.15, -0.1) is 0 Å². The van der Waals surface area contributed by atoms with Crippen molar-refractivity contribution >= 4 is 12.1 Å². The summed E-state index contributed by atoms with van der Waals surface area (Å²) >= 11 is 0. The normalized spacial score (nSPS) is 11.2. The lowest BCUT2D eigenvalue weighted by molar-refractivity contribution is 0.0955. The van der Waals surface area contributed by atoms with E-state index >= 15 is 0 Å². The van der Waals surface area contributed by atoms with Gasteiger partial charge in [0, 0.05) is 35.2 Å². The number of carbonyl (C=O) groups excluding carboxylic acids is 1. The van der Waals surface area contributed by atoms with E-state index in [1.54, 1.807) is 6.21 Å². The lowest BCUT2D eigenvalue weighted by atomic mass is 10.1. The third-order valence-electron chi connectivity index (χ3n) is 6.59. The van der Waals surface area contributed by atoms with Gasteiger partial charge < -0.3 is 9.13 Å². The molecule has 0 fully saturated rings. The largest absolute Gasteiger partial charge is 0.352 e. The summed E-state index contributed by atoms with van der Waals surface area (Å²) in [5.41, 5.74) is 11.8. The molecule has 0 aliphatic rings. The Bertz CT molecular complexity index is 1470. The predicted octanol–water partition coefficient (Wildman–Crippen LogP) is 6.53. The first-order chi connectivity index (χ1) is 17.5. The highest BCUT2D eigenvalue weighted by molar-refractivity contribution is 5.95.